The van der Waals surface area contributed by atoms with E-state index < -0.39 is 4.92 Å². The molecule has 0 spiro atoms. The molecule has 0 radical (unpaired) electrons. The molecule has 0 aromatic heterocycles. The van der Waals surface area contributed by atoms with Crippen molar-refractivity contribution in [2.45, 2.75) is 0 Å². The van der Waals surface area contributed by atoms with E-state index in [1.807, 2.05) is 0 Å². The van der Waals surface area contributed by atoms with Crippen LogP contribution in [0.4, 0.5) is 5.69 Å². The SMILES string of the molecule is O=C(/C=C/c1c(Cl)cccc1[N+](=O)[O-])c1ccccc1. The Kier molecular flexibility index (Phi) is 4.27. The van der Waals surface area contributed by atoms with E-state index >= 15 is 0 Å². The van der Waals surface area contributed by atoms with Crippen molar-refractivity contribution in [1.29, 1.82) is 0 Å². The lowest BCUT2D eigenvalue weighted by molar-refractivity contribution is -0.385. The summed E-state index contributed by atoms with van der Waals surface area (Å²) >= 11 is 5.94. The van der Waals surface area contributed by atoms with Crippen LogP contribution in [0.2, 0.25) is 5.02 Å². The van der Waals surface area contributed by atoms with Crippen LogP contribution in [0.1, 0.15) is 15.9 Å². The van der Waals surface area contributed by atoms with Gasteiger partial charge in [-0.3, -0.25) is 14.9 Å². The first-order valence-electron chi connectivity index (χ1n) is 5.80. The zero-order valence-corrected chi connectivity index (χ0v) is 11.1. The van der Waals surface area contributed by atoms with E-state index in [4.69, 9.17) is 11.6 Å². The van der Waals surface area contributed by atoms with Crippen molar-refractivity contribution >= 4 is 29.1 Å². The number of halogens is 1. The molecule has 0 aliphatic heterocycles. The van der Waals surface area contributed by atoms with Crippen molar-refractivity contribution in [1.82, 2.24) is 0 Å². The summed E-state index contributed by atoms with van der Waals surface area (Å²) in [5.74, 6) is -0.236. The highest BCUT2D eigenvalue weighted by molar-refractivity contribution is 6.32. The van der Waals surface area contributed by atoms with Crippen LogP contribution in [0, 0.1) is 10.1 Å². The van der Waals surface area contributed by atoms with Gasteiger partial charge in [0.05, 0.1) is 15.5 Å². The maximum absolute atomic E-state index is 11.9. The fourth-order valence-corrected chi connectivity index (χ4v) is 1.94. The van der Waals surface area contributed by atoms with Crippen LogP contribution in [-0.4, -0.2) is 10.7 Å². The van der Waals surface area contributed by atoms with Crippen molar-refractivity contribution in [2.75, 3.05) is 0 Å². The van der Waals surface area contributed by atoms with Gasteiger partial charge < -0.3 is 0 Å². The summed E-state index contributed by atoms with van der Waals surface area (Å²) in [6, 6.07) is 13.0. The van der Waals surface area contributed by atoms with Crippen molar-refractivity contribution in [3.8, 4) is 0 Å². The fourth-order valence-electron chi connectivity index (χ4n) is 1.71. The molecule has 0 atom stereocenters. The van der Waals surface area contributed by atoms with Gasteiger partial charge in [0.15, 0.2) is 5.78 Å². The van der Waals surface area contributed by atoms with E-state index in [1.54, 1.807) is 36.4 Å². The van der Waals surface area contributed by atoms with E-state index in [0.29, 0.717) is 5.56 Å². The smallest absolute Gasteiger partial charge is 0.278 e. The number of hydrogen-bond acceptors (Lipinski definition) is 3. The molecule has 5 heteroatoms. The molecule has 4 nitrogen and oxygen atoms in total. The molecule has 0 aliphatic rings. The molecular weight excluding hydrogens is 278 g/mol. The second kappa shape index (κ2) is 6.12. The van der Waals surface area contributed by atoms with E-state index in [1.165, 1.54) is 24.3 Å². The van der Waals surface area contributed by atoms with Gasteiger partial charge in [-0.25, -0.2) is 0 Å². The standard InChI is InChI=1S/C15H10ClNO3/c16-13-7-4-8-14(17(19)20)12(13)9-10-15(18)11-5-2-1-3-6-11/h1-10H/b10-9+. The maximum atomic E-state index is 11.9. The third-order valence-corrected chi connectivity index (χ3v) is 3.02. The number of benzene rings is 2. The summed E-state index contributed by atoms with van der Waals surface area (Å²) in [7, 11) is 0. The molecule has 0 aliphatic carbocycles. The summed E-state index contributed by atoms with van der Waals surface area (Å²) < 4.78 is 0. The number of nitro benzene ring substituents is 1. The summed E-state index contributed by atoms with van der Waals surface area (Å²) in [5, 5.41) is 11.1. The number of nitro groups is 1. The molecule has 0 fully saturated rings. The summed E-state index contributed by atoms with van der Waals surface area (Å²) in [6.45, 7) is 0. The van der Waals surface area contributed by atoms with Gasteiger partial charge >= 0.3 is 0 Å². The molecule has 0 unspecified atom stereocenters. The molecule has 2 aromatic carbocycles. The number of ketones is 1. The number of hydrogen-bond donors (Lipinski definition) is 0. The van der Waals surface area contributed by atoms with Crippen molar-refractivity contribution < 1.29 is 9.72 Å². The first kappa shape index (κ1) is 14.0. The zero-order chi connectivity index (χ0) is 14.5. The van der Waals surface area contributed by atoms with Crippen LogP contribution >= 0.6 is 11.6 Å². The van der Waals surface area contributed by atoms with Gasteiger partial charge in [0.25, 0.3) is 5.69 Å². The summed E-state index contributed by atoms with van der Waals surface area (Å²) in [6.07, 6.45) is 2.65. The minimum absolute atomic E-state index is 0.130. The monoisotopic (exact) mass is 287 g/mol. The molecule has 0 N–H and O–H groups in total. The largest absolute Gasteiger partial charge is 0.289 e. The van der Waals surface area contributed by atoms with Crippen LogP contribution in [0.5, 0.6) is 0 Å². The first-order valence-corrected chi connectivity index (χ1v) is 6.18. The Morgan fingerprint density at radius 1 is 1.10 bits per heavy atom. The second-order valence-corrected chi connectivity index (χ2v) is 4.40. The predicted molar refractivity (Wildman–Crippen MR) is 77.9 cm³/mol. The summed E-state index contributed by atoms with van der Waals surface area (Å²) in [4.78, 5) is 22.3. The van der Waals surface area contributed by atoms with Gasteiger partial charge in [-0.15, -0.1) is 0 Å². The molecule has 0 bridgehead atoms. The van der Waals surface area contributed by atoms with E-state index in [-0.39, 0.29) is 22.1 Å². The van der Waals surface area contributed by atoms with Crippen molar-refractivity contribution in [3.05, 3.63) is 80.9 Å². The van der Waals surface area contributed by atoms with Crippen molar-refractivity contribution in [2.24, 2.45) is 0 Å². The summed E-state index contributed by atoms with van der Waals surface area (Å²) in [5.41, 5.74) is 0.608. The van der Waals surface area contributed by atoms with Gasteiger partial charge in [-0.05, 0) is 18.2 Å². The molecule has 0 saturated heterocycles. The van der Waals surface area contributed by atoms with Gasteiger partial charge in [0, 0.05) is 11.6 Å². The molecule has 2 rings (SSSR count). The third kappa shape index (κ3) is 3.10. The Hall–Kier alpha value is -2.46. The minimum Gasteiger partial charge on any atom is -0.289 e. The fraction of sp³-hybridized carbons (Fsp3) is 0. The van der Waals surface area contributed by atoms with E-state index in [2.05, 4.69) is 0 Å². The molecule has 100 valence electrons. The predicted octanol–water partition coefficient (Wildman–Crippen LogP) is 4.14. The average molecular weight is 288 g/mol. The Labute approximate surface area is 120 Å². The van der Waals surface area contributed by atoms with Crippen LogP contribution < -0.4 is 0 Å². The maximum Gasteiger partial charge on any atom is 0.278 e. The Balaban J connectivity index is 2.33. The van der Waals surface area contributed by atoms with Gasteiger partial charge in [-0.2, -0.15) is 0 Å². The molecule has 2 aromatic rings. The lowest BCUT2D eigenvalue weighted by atomic mass is 10.1. The molecule has 0 heterocycles. The zero-order valence-electron chi connectivity index (χ0n) is 10.3. The molecule has 0 amide bonds. The number of nitrogens with zero attached hydrogens (tertiary/aromatic N) is 1. The first-order chi connectivity index (χ1) is 9.59. The second-order valence-electron chi connectivity index (χ2n) is 3.99. The van der Waals surface area contributed by atoms with Gasteiger partial charge in [0.1, 0.15) is 0 Å². The van der Waals surface area contributed by atoms with Crippen LogP contribution in [0.15, 0.2) is 54.6 Å². The number of rotatable bonds is 4. The van der Waals surface area contributed by atoms with Crippen LogP contribution in [0.3, 0.4) is 0 Å². The Morgan fingerprint density at radius 3 is 2.45 bits per heavy atom. The highest BCUT2D eigenvalue weighted by Gasteiger charge is 2.14. The number of carbonyl (C=O) groups excluding carboxylic acids is 1. The lowest BCUT2D eigenvalue weighted by Crippen LogP contribution is -1.95. The van der Waals surface area contributed by atoms with E-state index in [9.17, 15) is 14.9 Å². The molecular formula is C15H10ClNO3. The molecule has 20 heavy (non-hydrogen) atoms. The average Bonchev–Trinajstić information content (AvgIpc) is 2.46. The Morgan fingerprint density at radius 2 is 1.80 bits per heavy atom. The third-order valence-electron chi connectivity index (χ3n) is 2.69. The van der Waals surface area contributed by atoms with Gasteiger partial charge in [0.2, 0.25) is 0 Å². The Bertz CT molecular complexity index is 681. The van der Waals surface area contributed by atoms with Crippen molar-refractivity contribution in [3.63, 3.8) is 0 Å². The quantitative estimate of drug-likeness (QED) is 0.367. The molecule has 0 saturated carbocycles. The minimum atomic E-state index is -0.529. The lowest BCUT2D eigenvalue weighted by Gasteiger charge is -2.00. The highest BCUT2D eigenvalue weighted by Crippen LogP contribution is 2.27. The van der Waals surface area contributed by atoms with Gasteiger partial charge in [-0.1, -0.05) is 48.0 Å². The number of allylic oxidation sites excluding steroid dienone is 1. The number of carbonyl (C=O) groups is 1. The topological polar surface area (TPSA) is 60.2 Å². The van der Waals surface area contributed by atoms with E-state index in [0.717, 1.165) is 0 Å². The van der Waals surface area contributed by atoms with Crippen LogP contribution in [-0.2, 0) is 0 Å². The van der Waals surface area contributed by atoms with Crippen LogP contribution in [0.25, 0.3) is 6.08 Å². The normalized spacial score (nSPS) is 10.7. The highest BCUT2D eigenvalue weighted by atomic mass is 35.5.